The second-order valence-electron chi connectivity index (χ2n) is 8.21. The van der Waals surface area contributed by atoms with Gasteiger partial charge in [0, 0.05) is 31.0 Å². The maximum atomic E-state index is 13.8. The van der Waals surface area contributed by atoms with Gasteiger partial charge in [0.1, 0.15) is 4.21 Å². The number of thiophene rings is 1. The van der Waals surface area contributed by atoms with Crippen LogP contribution < -0.4 is 4.90 Å². The quantitative estimate of drug-likeness (QED) is 0.393. The minimum Gasteiger partial charge on any atom is -0.364 e. The zero-order chi connectivity index (χ0) is 23.5. The second kappa shape index (κ2) is 9.43. The fraction of sp³-hybridized carbons (Fsp3) is 0.200. The van der Waals surface area contributed by atoms with Crippen LogP contribution in [0.3, 0.4) is 0 Å². The molecule has 0 amide bonds. The number of rotatable bonds is 6. The predicted octanol–water partition coefficient (Wildman–Crippen LogP) is 4.84. The highest BCUT2D eigenvalue weighted by atomic mass is 32.2. The van der Waals surface area contributed by atoms with E-state index in [1.807, 2.05) is 42.5 Å². The Morgan fingerprint density at radius 3 is 2.71 bits per heavy atom. The topological polar surface area (TPSA) is 73.7 Å². The molecule has 0 fully saturated rings. The molecule has 172 valence electrons. The van der Waals surface area contributed by atoms with E-state index in [0.29, 0.717) is 29.4 Å². The van der Waals surface area contributed by atoms with Crippen molar-refractivity contribution in [2.75, 3.05) is 11.4 Å². The third kappa shape index (κ3) is 4.48. The standard InChI is InChI=1S/C25H23N5O2S2/c1-26-21-9-10-24-20(13-21)15-30(34(31,32)25-8-5-11-33-25)23(12-19-6-3-2-4-7-19)17-29(24)16-22-14-27-18-28-22/h2-11,13-14,18,23H,12,15-17H2,(H,27,28). The number of hydrogen-bond acceptors (Lipinski definition) is 5. The molecule has 1 aliphatic rings. The molecular formula is C25H23N5O2S2. The minimum atomic E-state index is -3.73. The van der Waals surface area contributed by atoms with Gasteiger partial charge in [0.25, 0.3) is 10.0 Å². The summed E-state index contributed by atoms with van der Waals surface area (Å²) in [4.78, 5) is 13.1. The van der Waals surface area contributed by atoms with Crippen molar-refractivity contribution >= 4 is 32.7 Å². The van der Waals surface area contributed by atoms with E-state index in [-0.39, 0.29) is 12.6 Å². The molecule has 0 radical (unpaired) electrons. The number of aromatic nitrogens is 2. The summed E-state index contributed by atoms with van der Waals surface area (Å²) in [6.45, 7) is 8.73. The van der Waals surface area contributed by atoms with Crippen LogP contribution in [0.1, 0.15) is 16.8 Å². The largest absolute Gasteiger partial charge is 0.364 e. The number of hydrogen-bond donors (Lipinski definition) is 1. The highest BCUT2D eigenvalue weighted by Gasteiger charge is 2.37. The summed E-state index contributed by atoms with van der Waals surface area (Å²) in [6, 6.07) is 18.6. The van der Waals surface area contributed by atoms with Crippen LogP contribution >= 0.6 is 11.3 Å². The first-order valence-electron chi connectivity index (χ1n) is 10.9. The van der Waals surface area contributed by atoms with Crippen LogP contribution in [0, 0.1) is 6.57 Å². The molecule has 3 heterocycles. The first-order chi connectivity index (χ1) is 16.5. The first-order valence-corrected chi connectivity index (χ1v) is 13.2. The second-order valence-corrected chi connectivity index (χ2v) is 11.3. The summed E-state index contributed by atoms with van der Waals surface area (Å²) in [5.74, 6) is 0. The molecule has 1 unspecified atom stereocenters. The molecule has 1 N–H and O–H groups in total. The summed E-state index contributed by atoms with van der Waals surface area (Å²) in [7, 11) is -3.73. The Balaban J connectivity index is 1.62. The van der Waals surface area contributed by atoms with Crippen molar-refractivity contribution in [1.29, 1.82) is 0 Å². The zero-order valence-corrected chi connectivity index (χ0v) is 20.0. The van der Waals surface area contributed by atoms with Gasteiger partial charge in [0.2, 0.25) is 0 Å². The van der Waals surface area contributed by atoms with Crippen LogP contribution in [0.4, 0.5) is 11.4 Å². The van der Waals surface area contributed by atoms with Crippen molar-refractivity contribution in [3.63, 3.8) is 0 Å². The normalized spacial score (nSPS) is 16.6. The van der Waals surface area contributed by atoms with E-state index < -0.39 is 10.0 Å². The van der Waals surface area contributed by atoms with Crippen molar-refractivity contribution in [3.05, 3.63) is 107 Å². The number of nitrogens with one attached hydrogen (secondary N) is 1. The maximum absolute atomic E-state index is 13.8. The maximum Gasteiger partial charge on any atom is 0.253 e. The van der Waals surface area contributed by atoms with Gasteiger partial charge in [0.15, 0.2) is 5.69 Å². The van der Waals surface area contributed by atoms with E-state index in [4.69, 9.17) is 6.57 Å². The van der Waals surface area contributed by atoms with Gasteiger partial charge in [-0.2, -0.15) is 4.31 Å². The molecule has 34 heavy (non-hydrogen) atoms. The lowest BCUT2D eigenvalue weighted by molar-refractivity contribution is 0.318. The number of nitrogens with zero attached hydrogens (tertiary/aromatic N) is 4. The number of imidazole rings is 1. The summed E-state index contributed by atoms with van der Waals surface area (Å²) >= 11 is 1.23. The van der Waals surface area contributed by atoms with Gasteiger partial charge in [-0.1, -0.05) is 42.5 Å². The Kier molecular flexibility index (Phi) is 6.20. The van der Waals surface area contributed by atoms with Crippen LogP contribution in [-0.4, -0.2) is 35.3 Å². The molecule has 5 rings (SSSR count). The lowest BCUT2D eigenvalue weighted by Gasteiger charge is -2.31. The molecular weight excluding hydrogens is 466 g/mol. The summed E-state index contributed by atoms with van der Waals surface area (Å²) < 4.78 is 29.6. The predicted molar refractivity (Wildman–Crippen MR) is 133 cm³/mol. The minimum absolute atomic E-state index is 0.204. The van der Waals surface area contributed by atoms with Crippen LogP contribution in [0.25, 0.3) is 4.85 Å². The van der Waals surface area contributed by atoms with E-state index in [1.165, 1.54) is 11.3 Å². The van der Waals surface area contributed by atoms with Gasteiger partial charge < -0.3 is 9.88 Å². The smallest absolute Gasteiger partial charge is 0.253 e. The first kappa shape index (κ1) is 22.3. The molecule has 0 saturated carbocycles. The lowest BCUT2D eigenvalue weighted by Crippen LogP contribution is -2.45. The number of fused-ring (bicyclic) bond motifs is 1. The van der Waals surface area contributed by atoms with Crippen molar-refractivity contribution in [1.82, 2.24) is 14.3 Å². The van der Waals surface area contributed by atoms with Crippen LogP contribution in [0.5, 0.6) is 0 Å². The van der Waals surface area contributed by atoms with Gasteiger partial charge in [0.05, 0.1) is 25.1 Å². The Hall–Kier alpha value is -3.45. The summed E-state index contributed by atoms with van der Waals surface area (Å²) in [5.41, 5.74) is 4.27. The number of anilines is 1. The Morgan fingerprint density at radius 1 is 1.15 bits per heavy atom. The fourth-order valence-corrected chi connectivity index (χ4v) is 7.12. The third-order valence-corrected chi connectivity index (χ3v) is 9.26. The average Bonchev–Trinajstić information content (AvgIpc) is 3.55. The van der Waals surface area contributed by atoms with E-state index >= 15 is 0 Å². The molecule has 2 aromatic carbocycles. The SMILES string of the molecule is [C-]#[N+]c1ccc2c(c1)CN(S(=O)(=O)c1cccs1)C(Cc1ccccc1)CN2Cc1cnc[nH]1. The molecule has 0 saturated heterocycles. The van der Waals surface area contributed by atoms with Crippen LogP contribution in [0.2, 0.25) is 0 Å². The number of sulfonamides is 1. The van der Waals surface area contributed by atoms with Crippen molar-refractivity contribution in [2.24, 2.45) is 0 Å². The molecule has 2 aromatic heterocycles. The number of aromatic amines is 1. The highest BCUT2D eigenvalue weighted by Crippen LogP contribution is 2.35. The molecule has 7 nitrogen and oxygen atoms in total. The lowest BCUT2D eigenvalue weighted by atomic mass is 10.1. The molecule has 0 spiro atoms. The Bertz CT molecular complexity index is 1400. The monoisotopic (exact) mass is 489 g/mol. The van der Waals surface area contributed by atoms with Gasteiger partial charge in [-0.15, -0.1) is 11.3 Å². The molecule has 0 aliphatic carbocycles. The summed E-state index contributed by atoms with van der Waals surface area (Å²) in [6.07, 6.45) is 4.00. The number of H-pyrrole nitrogens is 1. The molecule has 9 heteroatoms. The van der Waals surface area contributed by atoms with E-state index in [0.717, 1.165) is 22.5 Å². The van der Waals surface area contributed by atoms with E-state index in [9.17, 15) is 8.42 Å². The fourth-order valence-electron chi connectivity index (χ4n) is 4.40. The molecule has 1 atom stereocenters. The molecule has 1 aliphatic heterocycles. The zero-order valence-electron chi connectivity index (χ0n) is 18.3. The van der Waals surface area contributed by atoms with Crippen molar-refractivity contribution < 1.29 is 8.42 Å². The van der Waals surface area contributed by atoms with Crippen molar-refractivity contribution in [2.45, 2.75) is 29.8 Å². The van der Waals surface area contributed by atoms with E-state index in [1.54, 1.807) is 40.4 Å². The average molecular weight is 490 g/mol. The van der Waals surface area contributed by atoms with Gasteiger partial charge in [-0.3, -0.25) is 0 Å². The Morgan fingerprint density at radius 2 is 2.00 bits per heavy atom. The van der Waals surface area contributed by atoms with Crippen LogP contribution in [-0.2, 0) is 29.5 Å². The third-order valence-electron chi connectivity index (χ3n) is 5.99. The van der Waals surface area contributed by atoms with Gasteiger partial charge >= 0.3 is 0 Å². The molecule has 0 bridgehead atoms. The van der Waals surface area contributed by atoms with Gasteiger partial charge in [-0.25, -0.2) is 18.2 Å². The van der Waals surface area contributed by atoms with Gasteiger partial charge in [-0.05, 0) is 41.1 Å². The van der Waals surface area contributed by atoms with Crippen LogP contribution in [0.15, 0.2) is 82.8 Å². The van der Waals surface area contributed by atoms with Crippen molar-refractivity contribution in [3.8, 4) is 0 Å². The van der Waals surface area contributed by atoms with E-state index in [2.05, 4.69) is 19.7 Å². The summed E-state index contributed by atoms with van der Waals surface area (Å²) in [5, 5.41) is 1.78. The molecule has 4 aromatic rings. The number of benzene rings is 2. The Labute approximate surface area is 203 Å². The highest BCUT2D eigenvalue weighted by molar-refractivity contribution is 7.91.